The fourth-order valence-corrected chi connectivity index (χ4v) is 2.84. The number of nitriles is 1. The Balaban J connectivity index is 1.82. The van der Waals surface area contributed by atoms with Crippen molar-refractivity contribution in [2.45, 2.75) is 26.2 Å². The summed E-state index contributed by atoms with van der Waals surface area (Å²) < 4.78 is 0. The van der Waals surface area contributed by atoms with Gasteiger partial charge in [0.2, 0.25) is 0 Å². The first-order valence-electron chi connectivity index (χ1n) is 7.31. The molecule has 4 heteroatoms. The molecule has 0 aliphatic carbocycles. The molecule has 0 bridgehead atoms. The molecule has 3 nitrogen and oxygen atoms in total. The second kappa shape index (κ2) is 7.52. The van der Waals surface area contributed by atoms with Crippen molar-refractivity contribution < 1.29 is 0 Å². The van der Waals surface area contributed by atoms with Crippen LogP contribution < -0.4 is 4.90 Å². The molecule has 0 unspecified atom stereocenters. The summed E-state index contributed by atoms with van der Waals surface area (Å²) in [6.45, 7) is 7.56. The average molecular weight is 292 g/mol. The van der Waals surface area contributed by atoms with E-state index in [4.69, 9.17) is 16.9 Å². The Morgan fingerprint density at radius 2 is 1.95 bits per heavy atom. The van der Waals surface area contributed by atoms with Gasteiger partial charge in [-0.2, -0.15) is 5.26 Å². The van der Waals surface area contributed by atoms with Crippen LogP contribution in [0.4, 0.5) is 5.69 Å². The quantitative estimate of drug-likeness (QED) is 0.778. The van der Waals surface area contributed by atoms with Crippen molar-refractivity contribution in [1.29, 1.82) is 5.26 Å². The van der Waals surface area contributed by atoms with Gasteiger partial charge in [0.25, 0.3) is 0 Å². The summed E-state index contributed by atoms with van der Waals surface area (Å²) in [5.74, 6) is 0. The fraction of sp³-hybridized carbons (Fsp3) is 0.562. The second-order valence-corrected chi connectivity index (χ2v) is 5.81. The molecule has 0 spiro atoms. The van der Waals surface area contributed by atoms with Gasteiger partial charge in [0.15, 0.2) is 0 Å². The predicted octanol–water partition coefficient (Wildman–Crippen LogP) is 3.46. The summed E-state index contributed by atoms with van der Waals surface area (Å²) in [5, 5.41) is 9.34. The normalized spacial score (nSPS) is 16.1. The number of hydrogen-bond donors (Lipinski definition) is 0. The largest absolute Gasteiger partial charge is 0.369 e. The van der Waals surface area contributed by atoms with Crippen LogP contribution in [0.5, 0.6) is 0 Å². The Bertz CT molecular complexity index is 473. The molecule has 1 aliphatic rings. The van der Waals surface area contributed by atoms with E-state index in [0.29, 0.717) is 6.42 Å². The predicted molar refractivity (Wildman–Crippen MR) is 84.3 cm³/mol. The van der Waals surface area contributed by atoms with Gasteiger partial charge in [-0.3, -0.25) is 4.90 Å². The zero-order valence-electron chi connectivity index (χ0n) is 12.1. The maximum atomic E-state index is 8.53. The minimum atomic E-state index is 0.682. The van der Waals surface area contributed by atoms with Gasteiger partial charge in [0.05, 0.1) is 6.07 Å². The van der Waals surface area contributed by atoms with Crippen LogP contribution >= 0.6 is 11.6 Å². The first-order chi connectivity index (χ1) is 9.70. The summed E-state index contributed by atoms with van der Waals surface area (Å²) in [6.07, 6.45) is 2.83. The SMILES string of the molecule is Cc1ccc(Cl)cc1N1CCN(CCCCC#N)CC1. The molecule has 2 rings (SSSR count). The number of halogens is 1. The minimum Gasteiger partial charge on any atom is -0.369 e. The highest BCUT2D eigenvalue weighted by Gasteiger charge is 2.18. The maximum absolute atomic E-state index is 8.53. The molecule has 0 N–H and O–H groups in total. The Labute approximate surface area is 126 Å². The highest BCUT2D eigenvalue weighted by molar-refractivity contribution is 6.30. The van der Waals surface area contributed by atoms with Crippen LogP contribution in [0, 0.1) is 18.3 Å². The molecule has 1 aromatic carbocycles. The van der Waals surface area contributed by atoms with E-state index in [1.54, 1.807) is 0 Å². The van der Waals surface area contributed by atoms with E-state index in [1.807, 2.05) is 6.07 Å². The summed E-state index contributed by atoms with van der Waals surface area (Å²) in [7, 11) is 0. The monoisotopic (exact) mass is 291 g/mol. The van der Waals surface area contributed by atoms with E-state index in [-0.39, 0.29) is 0 Å². The fourth-order valence-electron chi connectivity index (χ4n) is 2.68. The smallest absolute Gasteiger partial charge is 0.0621 e. The minimum absolute atomic E-state index is 0.682. The molecule has 1 aliphatic heterocycles. The van der Waals surface area contributed by atoms with Crippen molar-refractivity contribution in [3.8, 4) is 6.07 Å². The van der Waals surface area contributed by atoms with Crippen LogP contribution in [-0.2, 0) is 0 Å². The van der Waals surface area contributed by atoms with Crippen LogP contribution in [0.2, 0.25) is 5.02 Å². The van der Waals surface area contributed by atoms with E-state index in [2.05, 4.69) is 34.9 Å². The summed E-state index contributed by atoms with van der Waals surface area (Å²) in [4.78, 5) is 4.92. The molecule has 108 valence electrons. The van der Waals surface area contributed by atoms with E-state index in [1.165, 1.54) is 11.3 Å². The van der Waals surface area contributed by atoms with Crippen molar-refractivity contribution in [1.82, 2.24) is 4.90 Å². The van der Waals surface area contributed by atoms with Gasteiger partial charge in [-0.15, -0.1) is 0 Å². The zero-order chi connectivity index (χ0) is 14.4. The number of nitrogens with zero attached hydrogens (tertiary/aromatic N) is 3. The van der Waals surface area contributed by atoms with Crippen LogP contribution in [0.3, 0.4) is 0 Å². The lowest BCUT2D eigenvalue weighted by atomic mass is 10.1. The third kappa shape index (κ3) is 4.13. The number of rotatable bonds is 5. The maximum Gasteiger partial charge on any atom is 0.0621 e. The Morgan fingerprint density at radius 3 is 2.65 bits per heavy atom. The summed E-state index contributed by atoms with van der Waals surface area (Å²) >= 11 is 6.10. The van der Waals surface area contributed by atoms with Gasteiger partial charge >= 0.3 is 0 Å². The number of anilines is 1. The third-order valence-electron chi connectivity index (χ3n) is 3.90. The van der Waals surface area contributed by atoms with E-state index in [9.17, 15) is 0 Å². The van der Waals surface area contributed by atoms with Crippen LogP contribution in [0.15, 0.2) is 18.2 Å². The Morgan fingerprint density at radius 1 is 1.20 bits per heavy atom. The lowest BCUT2D eigenvalue weighted by molar-refractivity contribution is 0.253. The van der Waals surface area contributed by atoms with Crippen molar-refractivity contribution in [3.05, 3.63) is 28.8 Å². The first kappa shape index (κ1) is 15.2. The molecule has 0 radical (unpaired) electrons. The zero-order valence-corrected chi connectivity index (χ0v) is 12.9. The van der Waals surface area contributed by atoms with Crippen LogP contribution in [0.25, 0.3) is 0 Å². The highest BCUT2D eigenvalue weighted by Crippen LogP contribution is 2.25. The molecular formula is C16H22ClN3. The number of aryl methyl sites for hydroxylation is 1. The molecule has 0 aromatic heterocycles. The van der Waals surface area contributed by atoms with Gasteiger partial charge in [0.1, 0.15) is 0 Å². The molecule has 1 fully saturated rings. The van der Waals surface area contributed by atoms with E-state index in [0.717, 1.165) is 50.6 Å². The summed E-state index contributed by atoms with van der Waals surface area (Å²) in [6, 6.07) is 8.31. The van der Waals surface area contributed by atoms with Crippen molar-refractivity contribution in [2.24, 2.45) is 0 Å². The van der Waals surface area contributed by atoms with Crippen molar-refractivity contribution in [2.75, 3.05) is 37.6 Å². The molecule has 0 saturated carbocycles. The van der Waals surface area contributed by atoms with Gasteiger partial charge in [-0.25, -0.2) is 0 Å². The molecule has 0 atom stereocenters. The van der Waals surface area contributed by atoms with Crippen molar-refractivity contribution >= 4 is 17.3 Å². The van der Waals surface area contributed by atoms with E-state index < -0.39 is 0 Å². The molecule has 0 amide bonds. The van der Waals surface area contributed by atoms with Gasteiger partial charge in [-0.1, -0.05) is 17.7 Å². The average Bonchev–Trinajstić information content (AvgIpc) is 2.47. The number of benzene rings is 1. The molecule has 1 saturated heterocycles. The van der Waals surface area contributed by atoms with Gasteiger partial charge < -0.3 is 4.90 Å². The topological polar surface area (TPSA) is 30.3 Å². The van der Waals surface area contributed by atoms with Crippen LogP contribution in [-0.4, -0.2) is 37.6 Å². The van der Waals surface area contributed by atoms with Gasteiger partial charge in [0, 0.05) is 43.3 Å². The Hall–Kier alpha value is -1.24. The number of unbranched alkanes of at least 4 members (excludes halogenated alkanes) is 2. The van der Waals surface area contributed by atoms with Crippen LogP contribution in [0.1, 0.15) is 24.8 Å². The summed E-state index contributed by atoms with van der Waals surface area (Å²) in [5.41, 5.74) is 2.55. The molecule has 1 aromatic rings. The lowest BCUT2D eigenvalue weighted by Gasteiger charge is -2.36. The first-order valence-corrected chi connectivity index (χ1v) is 7.69. The lowest BCUT2D eigenvalue weighted by Crippen LogP contribution is -2.46. The van der Waals surface area contributed by atoms with E-state index >= 15 is 0 Å². The number of piperazine rings is 1. The molecule has 1 heterocycles. The van der Waals surface area contributed by atoms with Gasteiger partial charge in [-0.05, 0) is 44.0 Å². The standard InChI is InChI=1S/C16H22ClN3/c1-14-5-6-15(17)13-16(14)20-11-9-19(10-12-20)8-4-2-3-7-18/h5-6,13H,2-4,8-12H2,1H3. The Kier molecular flexibility index (Phi) is 5.70. The molecular weight excluding hydrogens is 270 g/mol. The third-order valence-corrected chi connectivity index (χ3v) is 4.13. The second-order valence-electron chi connectivity index (χ2n) is 5.37. The highest BCUT2D eigenvalue weighted by atomic mass is 35.5. The number of hydrogen-bond acceptors (Lipinski definition) is 3. The van der Waals surface area contributed by atoms with Crippen molar-refractivity contribution in [3.63, 3.8) is 0 Å². The molecule has 20 heavy (non-hydrogen) atoms.